The van der Waals surface area contributed by atoms with Gasteiger partial charge in [-0.3, -0.25) is 19.3 Å². The second-order valence-corrected chi connectivity index (χ2v) is 10.8. The molecule has 2 aliphatic heterocycles. The summed E-state index contributed by atoms with van der Waals surface area (Å²) in [6, 6.07) is 16.5. The van der Waals surface area contributed by atoms with Gasteiger partial charge in [-0.05, 0) is 42.3 Å². The van der Waals surface area contributed by atoms with E-state index in [0.717, 1.165) is 4.90 Å². The highest BCUT2D eigenvalue weighted by atomic mass is 35.5. The molecular formula is C28H21Cl3F3N3O3. The van der Waals surface area contributed by atoms with Crippen LogP contribution in [0.5, 0.6) is 0 Å². The first-order valence-corrected chi connectivity index (χ1v) is 13.4. The molecular weight excluding hydrogens is 590 g/mol. The Hall–Kier alpha value is -3.27. The van der Waals surface area contributed by atoms with Crippen molar-refractivity contribution in [3.63, 3.8) is 0 Å². The number of alkyl halides is 3. The van der Waals surface area contributed by atoms with Gasteiger partial charge in [0.25, 0.3) is 0 Å². The fraction of sp³-hybridized carbons (Fsp3) is 0.250. The van der Waals surface area contributed by atoms with Gasteiger partial charge in [0.05, 0.1) is 44.8 Å². The van der Waals surface area contributed by atoms with Crippen LogP contribution >= 0.6 is 34.8 Å². The Morgan fingerprint density at radius 3 is 2.25 bits per heavy atom. The van der Waals surface area contributed by atoms with Gasteiger partial charge in [0.2, 0.25) is 17.7 Å². The summed E-state index contributed by atoms with van der Waals surface area (Å²) in [5.74, 6) is -4.75. The van der Waals surface area contributed by atoms with E-state index < -0.39 is 54.6 Å². The van der Waals surface area contributed by atoms with Crippen LogP contribution < -0.4 is 10.2 Å². The minimum absolute atomic E-state index is 0.206. The molecule has 0 spiro atoms. The van der Waals surface area contributed by atoms with Crippen molar-refractivity contribution < 1.29 is 27.6 Å². The number of anilines is 3. The number of carbonyl (C=O) groups excluding carboxylic acids is 3. The molecule has 3 amide bonds. The molecule has 2 aliphatic rings. The molecule has 1 saturated heterocycles. The molecule has 208 valence electrons. The minimum atomic E-state index is -4.53. The fourth-order valence-corrected chi connectivity index (χ4v) is 5.73. The SMILES string of the molecule is O=C1Nc2c(Cl)cccc2N(c2ccc(Cl)c(Cl)c2)C[C@@H]1N1C(=O)[C@H](CCC(F)(F)F)[C@H](c2ccccc2)C1=O. The monoisotopic (exact) mass is 609 g/mol. The number of nitrogens with one attached hydrogen (secondary N) is 1. The largest absolute Gasteiger partial charge is 0.389 e. The number of hydrogen-bond acceptors (Lipinski definition) is 4. The van der Waals surface area contributed by atoms with E-state index in [1.54, 1.807) is 71.6 Å². The number of nitrogens with zero attached hydrogens (tertiary/aromatic N) is 2. The van der Waals surface area contributed by atoms with Crippen LogP contribution in [0.3, 0.4) is 0 Å². The average molecular weight is 611 g/mol. The summed E-state index contributed by atoms with van der Waals surface area (Å²) < 4.78 is 39.6. The van der Waals surface area contributed by atoms with Crippen molar-refractivity contribution in [2.24, 2.45) is 5.92 Å². The molecule has 0 aliphatic carbocycles. The Labute approximate surface area is 242 Å². The smallest absolute Gasteiger partial charge is 0.337 e. The number of halogens is 6. The van der Waals surface area contributed by atoms with Crippen LogP contribution in [0.2, 0.25) is 15.1 Å². The van der Waals surface area contributed by atoms with Crippen molar-refractivity contribution in [3.8, 4) is 0 Å². The second kappa shape index (κ2) is 11.0. The van der Waals surface area contributed by atoms with E-state index in [0.29, 0.717) is 22.0 Å². The number of hydrogen-bond donors (Lipinski definition) is 1. The number of benzene rings is 3. The molecule has 6 nitrogen and oxygen atoms in total. The Morgan fingerprint density at radius 1 is 0.850 bits per heavy atom. The third-order valence-electron chi connectivity index (χ3n) is 7.07. The number of imide groups is 1. The summed E-state index contributed by atoms with van der Waals surface area (Å²) in [5.41, 5.74) is 1.60. The highest BCUT2D eigenvalue weighted by Gasteiger charge is 2.53. The molecule has 3 atom stereocenters. The summed E-state index contributed by atoms with van der Waals surface area (Å²) in [5, 5.41) is 3.44. The third kappa shape index (κ3) is 5.38. The summed E-state index contributed by atoms with van der Waals surface area (Å²) in [4.78, 5) is 43.6. The van der Waals surface area contributed by atoms with Crippen LogP contribution in [0.15, 0.2) is 66.7 Å². The lowest BCUT2D eigenvalue weighted by Gasteiger charge is -2.30. The quantitative estimate of drug-likeness (QED) is 0.310. The van der Waals surface area contributed by atoms with E-state index >= 15 is 0 Å². The van der Waals surface area contributed by atoms with Gasteiger partial charge in [-0.1, -0.05) is 71.2 Å². The standard InChI is InChI=1S/C28H21Cl3F3N3O3/c29-18-10-9-16(13-20(18)31)36-14-22(25(38)35-24-19(30)7-4-8-21(24)36)37-26(39)17(11-12-28(32,33)34)23(27(37)40)15-5-2-1-3-6-15/h1-10,13,17,22-23H,11-12,14H2,(H,35,38)/t17-,22+,23+/m1/s1. The van der Waals surface area contributed by atoms with Gasteiger partial charge < -0.3 is 10.2 Å². The molecule has 0 saturated carbocycles. The topological polar surface area (TPSA) is 69.7 Å². The number of fused-ring (bicyclic) bond motifs is 1. The molecule has 0 bridgehead atoms. The highest BCUT2D eigenvalue weighted by molar-refractivity contribution is 6.42. The highest BCUT2D eigenvalue weighted by Crippen LogP contribution is 2.44. The Balaban J connectivity index is 1.58. The lowest BCUT2D eigenvalue weighted by molar-refractivity contribution is -0.147. The lowest BCUT2D eigenvalue weighted by Crippen LogP contribution is -2.51. The zero-order valence-electron chi connectivity index (χ0n) is 20.6. The number of carbonyl (C=O) groups is 3. The molecule has 5 rings (SSSR count). The summed E-state index contributed by atoms with van der Waals surface area (Å²) >= 11 is 18.8. The predicted octanol–water partition coefficient (Wildman–Crippen LogP) is 7.22. The van der Waals surface area contributed by atoms with E-state index in [2.05, 4.69) is 5.32 Å². The molecule has 0 radical (unpaired) electrons. The molecule has 0 unspecified atom stereocenters. The zero-order chi connectivity index (χ0) is 28.8. The molecule has 3 aromatic rings. The predicted molar refractivity (Wildman–Crippen MR) is 147 cm³/mol. The van der Waals surface area contributed by atoms with Crippen molar-refractivity contribution >= 4 is 69.6 Å². The number of amides is 3. The van der Waals surface area contributed by atoms with E-state index in [4.69, 9.17) is 34.8 Å². The molecule has 3 aromatic carbocycles. The van der Waals surface area contributed by atoms with Gasteiger partial charge in [-0.25, -0.2) is 0 Å². The van der Waals surface area contributed by atoms with Gasteiger partial charge in [0, 0.05) is 12.1 Å². The van der Waals surface area contributed by atoms with Crippen LogP contribution in [0, 0.1) is 5.92 Å². The maximum absolute atomic E-state index is 13.9. The summed E-state index contributed by atoms with van der Waals surface area (Å²) in [6.07, 6.45) is -6.37. The maximum atomic E-state index is 13.9. The average Bonchev–Trinajstić information content (AvgIpc) is 3.05. The Morgan fingerprint density at radius 2 is 1.57 bits per heavy atom. The van der Waals surface area contributed by atoms with Crippen molar-refractivity contribution in [3.05, 3.63) is 87.4 Å². The maximum Gasteiger partial charge on any atom is 0.389 e. The van der Waals surface area contributed by atoms with E-state index in [1.807, 2.05) is 0 Å². The molecule has 40 heavy (non-hydrogen) atoms. The third-order valence-corrected chi connectivity index (χ3v) is 8.13. The van der Waals surface area contributed by atoms with Gasteiger partial charge in [0.15, 0.2) is 0 Å². The van der Waals surface area contributed by atoms with Gasteiger partial charge in [0.1, 0.15) is 6.04 Å². The normalized spacial score (nSPS) is 21.4. The van der Waals surface area contributed by atoms with Crippen LogP contribution in [-0.2, 0) is 14.4 Å². The second-order valence-electron chi connectivity index (χ2n) is 9.54. The summed E-state index contributed by atoms with van der Waals surface area (Å²) in [6.45, 7) is -0.206. The first-order valence-electron chi connectivity index (χ1n) is 12.3. The van der Waals surface area contributed by atoms with Crippen LogP contribution in [0.1, 0.15) is 24.3 Å². The first kappa shape index (κ1) is 28.3. The number of rotatable bonds is 5. The lowest BCUT2D eigenvalue weighted by atomic mass is 9.85. The van der Waals surface area contributed by atoms with Crippen molar-refractivity contribution in [2.45, 2.75) is 31.0 Å². The van der Waals surface area contributed by atoms with Crippen LogP contribution in [0.25, 0.3) is 0 Å². The Bertz CT molecular complexity index is 1490. The first-order chi connectivity index (χ1) is 19.0. The Kier molecular flexibility index (Phi) is 7.74. The molecule has 2 heterocycles. The molecule has 1 fully saturated rings. The van der Waals surface area contributed by atoms with Gasteiger partial charge >= 0.3 is 6.18 Å². The van der Waals surface area contributed by atoms with Crippen LogP contribution in [0.4, 0.5) is 30.2 Å². The van der Waals surface area contributed by atoms with E-state index in [1.165, 1.54) is 0 Å². The minimum Gasteiger partial charge on any atom is -0.337 e. The number of likely N-dealkylation sites (tertiary alicyclic amines) is 1. The zero-order valence-corrected chi connectivity index (χ0v) is 22.9. The van der Waals surface area contributed by atoms with Gasteiger partial charge in [-0.2, -0.15) is 13.2 Å². The summed E-state index contributed by atoms with van der Waals surface area (Å²) in [7, 11) is 0. The van der Waals surface area contributed by atoms with Crippen molar-refractivity contribution in [2.75, 3.05) is 16.8 Å². The van der Waals surface area contributed by atoms with E-state index in [-0.39, 0.29) is 22.3 Å². The number of para-hydroxylation sites is 1. The van der Waals surface area contributed by atoms with Crippen molar-refractivity contribution in [1.82, 2.24) is 4.90 Å². The molecule has 1 N–H and O–H groups in total. The van der Waals surface area contributed by atoms with Crippen molar-refractivity contribution in [1.29, 1.82) is 0 Å². The molecule has 12 heteroatoms. The van der Waals surface area contributed by atoms with E-state index in [9.17, 15) is 27.6 Å². The van der Waals surface area contributed by atoms with Crippen LogP contribution in [-0.4, -0.2) is 41.4 Å². The van der Waals surface area contributed by atoms with Gasteiger partial charge in [-0.15, -0.1) is 0 Å². The molecule has 0 aromatic heterocycles. The fourth-order valence-electron chi connectivity index (χ4n) is 5.22.